The molecule has 0 bridgehead atoms. The zero-order valence-electron chi connectivity index (χ0n) is 15.7. The molecule has 136 valence electrons. The van der Waals surface area contributed by atoms with E-state index in [0.29, 0.717) is 0 Å². The van der Waals surface area contributed by atoms with E-state index in [4.69, 9.17) is 4.74 Å². The van der Waals surface area contributed by atoms with Gasteiger partial charge in [0.25, 0.3) is 0 Å². The largest absolute Gasteiger partial charge is 0.374 e. The first-order valence-corrected chi connectivity index (χ1v) is 8.80. The molecule has 3 rings (SSSR count). The second kappa shape index (κ2) is 7.59. The van der Waals surface area contributed by atoms with Crippen molar-refractivity contribution in [1.29, 1.82) is 0 Å². The van der Waals surface area contributed by atoms with Crippen molar-refractivity contribution < 1.29 is 4.74 Å². The highest BCUT2D eigenvalue weighted by molar-refractivity contribution is 5.20. The van der Waals surface area contributed by atoms with E-state index in [0.717, 1.165) is 36.8 Å². The molecule has 1 aliphatic rings. The fourth-order valence-corrected chi connectivity index (χ4v) is 3.54. The summed E-state index contributed by atoms with van der Waals surface area (Å²) in [4.78, 5) is 11.1. The maximum atomic E-state index is 6.10. The molecule has 1 aliphatic heterocycles. The van der Waals surface area contributed by atoms with E-state index in [1.165, 1.54) is 5.69 Å². The number of morpholine rings is 1. The van der Waals surface area contributed by atoms with Gasteiger partial charge < -0.3 is 10.1 Å². The summed E-state index contributed by atoms with van der Waals surface area (Å²) in [6, 6.07) is 2.43. The van der Waals surface area contributed by atoms with E-state index >= 15 is 0 Å². The zero-order chi connectivity index (χ0) is 18.0. The second-order valence-electron chi connectivity index (χ2n) is 6.80. The number of aryl methyl sites for hydroxylation is 3. The fourth-order valence-electron chi connectivity index (χ4n) is 3.54. The van der Waals surface area contributed by atoms with Gasteiger partial charge in [0, 0.05) is 49.8 Å². The highest BCUT2D eigenvalue weighted by Crippen LogP contribution is 2.28. The van der Waals surface area contributed by atoms with E-state index in [2.05, 4.69) is 45.3 Å². The molecule has 1 unspecified atom stereocenters. The molecule has 1 fully saturated rings. The maximum absolute atomic E-state index is 6.10. The van der Waals surface area contributed by atoms with Gasteiger partial charge in [0.05, 0.1) is 24.4 Å². The Labute approximate surface area is 149 Å². The Morgan fingerprint density at radius 2 is 2.16 bits per heavy atom. The first-order chi connectivity index (χ1) is 12.0. The van der Waals surface area contributed by atoms with Crippen LogP contribution in [0.15, 0.2) is 18.5 Å². The van der Waals surface area contributed by atoms with Gasteiger partial charge in [0.2, 0.25) is 0 Å². The minimum absolute atomic E-state index is 0.0725. The lowest BCUT2D eigenvalue weighted by Gasteiger charge is -2.39. The van der Waals surface area contributed by atoms with Gasteiger partial charge in [-0.05, 0) is 33.9 Å². The smallest absolute Gasteiger partial charge is 0.125 e. The van der Waals surface area contributed by atoms with Crippen LogP contribution in [0, 0.1) is 13.8 Å². The van der Waals surface area contributed by atoms with Gasteiger partial charge in [-0.25, -0.2) is 9.97 Å². The predicted molar refractivity (Wildman–Crippen MR) is 96.2 cm³/mol. The number of rotatable bonds is 5. The van der Waals surface area contributed by atoms with Crippen molar-refractivity contribution in [2.45, 2.75) is 39.0 Å². The van der Waals surface area contributed by atoms with Crippen LogP contribution in [0.1, 0.15) is 41.8 Å². The van der Waals surface area contributed by atoms with Gasteiger partial charge in [0.15, 0.2) is 0 Å². The molecule has 0 radical (unpaired) electrons. The standard InChI is InChI=1S/C18H28N6O/c1-12(15-10-20-14(3)22-13(15)2)19-11-17-18(23(4)8-9-25-17)16-6-7-21-24(16)5/h6-7,10,12,17-19H,8-9,11H2,1-5H3/t12?,17-,18-/m0/s1. The summed E-state index contributed by atoms with van der Waals surface area (Å²) < 4.78 is 8.03. The summed E-state index contributed by atoms with van der Waals surface area (Å²) in [5.41, 5.74) is 3.33. The Kier molecular flexibility index (Phi) is 5.46. The lowest BCUT2D eigenvalue weighted by Crippen LogP contribution is -2.48. The Morgan fingerprint density at radius 1 is 1.36 bits per heavy atom. The van der Waals surface area contributed by atoms with Gasteiger partial charge in [-0.3, -0.25) is 9.58 Å². The lowest BCUT2D eigenvalue weighted by molar-refractivity contribution is -0.0646. The molecule has 0 aliphatic carbocycles. The van der Waals surface area contributed by atoms with Gasteiger partial charge in [-0.15, -0.1) is 0 Å². The molecule has 25 heavy (non-hydrogen) atoms. The highest BCUT2D eigenvalue weighted by Gasteiger charge is 2.33. The molecule has 2 aromatic heterocycles. The molecular weight excluding hydrogens is 316 g/mol. The van der Waals surface area contributed by atoms with E-state index < -0.39 is 0 Å². The van der Waals surface area contributed by atoms with Crippen LogP contribution in [-0.2, 0) is 11.8 Å². The van der Waals surface area contributed by atoms with Crippen molar-refractivity contribution in [3.8, 4) is 0 Å². The van der Waals surface area contributed by atoms with Gasteiger partial charge >= 0.3 is 0 Å². The van der Waals surface area contributed by atoms with E-state index in [-0.39, 0.29) is 18.2 Å². The molecule has 2 aromatic rings. The van der Waals surface area contributed by atoms with Crippen LogP contribution in [0.4, 0.5) is 0 Å². The van der Waals surface area contributed by atoms with Crippen LogP contribution in [0.25, 0.3) is 0 Å². The van der Waals surface area contributed by atoms with Gasteiger partial charge in [-0.2, -0.15) is 5.10 Å². The molecule has 0 aromatic carbocycles. The Bertz CT molecular complexity index is 715. The van der Waals surface area contributed by atoms with Crippen molar-refractivity contribution in [3.63, 3.8) is 0 Å². The maximum Gasteiger partial charge on any atom is 0.125 e. The molecular formula is C18H28N6O. The summed E-state index contributed by atoms with van der Waals surface area (Å²) in [5, 5.41) is 7.92. The molecule has 0 amide bonds. The molecule has 7 nitrogen and oxygen atoms in total. The van der Waals surface area contributed by atoms with Gasteiger partial charge in [-0.1, -0.05) is 0 Å². The Morgan fingerprint density at radius 3 is 2.84 bits per heavy atom. The second-order valence-corrected chi connectivity index (χ2v) is 6.80. The SMILES string of the molecule is Cc1ncc(C(C)NC[C@@H]2OCCN(C)[C@H]2c2ccnn2C)c(C)n1. The monoisotopic (exact) mass is 344 g/mol. The number of aromatic nitrogens is 4. The van der Waals surface area contributed by atoms with E-state index in [1.807, 2.05) is 38.0 Å². The molecule has 3 atom stereocenters. The number of likely N-dealkylation sites (N-methyl/N-ethyl adjacent to an activating group) is 1. The molecule has 1 saturated heterocycles. The summed E-state index contributed by atoms with van der Waals surface area (Å²) >= 11 is 0. The first kappa shape index (κ1) is 18.0. The average molecular weight is 344 g/mol. The Hall–Kier alpha value is -1.83. The van der Waals surface area contributed by atoms with Crippen molar-refractivity contribution in [2.24, 2.45) is 7.05 Å². The third kappa shape index (κ3) is 3.89. The summed E-state index contributed by atoms with van der Waals surface area (Å²) in [6.45, 7) is 8.52. The fraction of sp³-hybridized carbons (Fsp3) is 0.611. The van der Waals surface area contributed by atoms with Crippen LogP contribution in [0.2, 0.25) is 0 Å². The van der Waals surface area contributed by atoms with Crippen molar-refractivity contribution in [1.82, 2.24) is 30.0 Å². The summed E-state index contributed by atoms with van der Waals surface area (Å²) in [6.07, 6.45) is 3.84. The van der Waals surface area contributed by atoms with Crippen molar-refractivity contribution in [2.75, 3.05) is 26.7 Å². The molecule has 0 saturated carbocycles. The van der Waals surface area contributed by atoms with Crippen molar-refractivity contribution >= 4 is 0 Å². The molecule has 1 N–H and O–H groups in total. The van der Waals surface area contributed by atoms with Crippen LogP contribution >= 0.6 is 0 Å². The lowest BCUT2D eigenvalue weighted by atomic mass is 10.0. The third-order valence-corrected chi connectivity index (χ3v) is 4.99. The molecule has 3 heterocycles. The predicted octanol–water partition coefficient (Wildman–Crippen LogP) is 1.55. The van der Waals surface area contributed by atoms with Crippen LogP contribution in [-0.4, -0.2) is 57.5 Å². The number of hydrogen-bond acceptors (Lipinski definition) is 6. The number of nitrogens with zero attached hydrogens (tertiary/aromatic N) is 5. The third-order valence-electron chi connectivity index (χ3n) is 4.99. The summed E-state index contributed by atoms with van der Waals surface area (Å²) in [7, 11) is 4.13. The molecule has 7 heteroatoms. The number of nitrogens with one attached hydrogen (secondary N) is 1. The first-order valence-electron chi connectivity index (χ1n) is 8.80. The molecule has 0 spiro atoms. The van der Waals surface area contributed by atoms with E-state index in [1.54, 1.807) is 0 Å². The Balaban J connectivity index is 1.71. The van der Waals surface area contributed by atoms with Crippen LogP contribution in [0.3, 0.4) is 0 Å². The average Bonchev–Trinajstić information content (AvgIpc) is 2.98. The summed E-state index contributed by atoms with van der Waals surface area (Å²) in [5.74, 6) is 0.807. The van der Waals surface area contributed by atoms with Crippen molar-refractivity contribution in [3.05, 3.63) is 41.2 Å². The minimum Gasteiger partial charge on any atom is -0.374 e. The van der Waals surface area contributed by atoms with E-state index in [9.17, 15) is 0 Å². The quantitative estimate of drug-likeness (QED) is 0.888. The topological polar surface area (TPSA) is 68.1 Å². The van der Waals surface area contributed by atoms with Gasteiger partial charge in [0.1, 0.15) is 5.82 Å². The number of ether oxygens (including phenoxy) is 1. The normalized spacial score (nSPS) is 22.9. The zero-order valence-corrected chi connectivity index (χ0v) is 15.7. The highest BCUT2D eigenvalue weighted by atomic mass is 16.5. The van der Waals surface area contributed by atoms with Crippen LogP contribution in [0.5, 0.6) is 0 Å². The van der Waals surface area contributed by atoms with Crippen LogP contribution < -0.4 is 5.32 Å². The minimum atomic E-state index is 0.0725. The number of hydrogen-bond donors (Lipinski definition) is 1.